The predicted octanol–water partition coefficient (Wildman–Crippen LogP) is 5.96. The van der Waals surface area contributed by atoms with Crippen LogP contribution in [-0.4, -0.2) is 50.7 Å². The number of nitrogens with zero attached hydrogens (tertiary/aromatic N) is 2. The Morgan fingerprint density at radius 2 is 1.66 bits per heavy atom. The molecule has 32 heavy (non-hydrogen) atoms. The highest BCUT2D eigenvalue weighted by Gasteiger charge is 2.49. The van der Waals surface area contributed by atoms with Crippen molar-refractivity contribution < 1.29 is 9.53 Å². The third kappa shape index (κ3) is 5.22. The number of thioether (sulfide) groups is 1. The Balaban J connectivity index is 1.56. The predicted molar refractivity (Wildman–Crippen MR) is 133 cm³/mol. The van der Waals surface area contributed by atoms with Crippen molar-refractivity contribution in [3.63, 3.8) is 0 Å². The van der Waals surface area contributed by atoms with Crippen molar-refractivity contribution in [3.8, 4) is 0 Å². The summed E-state index contributed by atoms with van der Waals surface area (Å²) in [7, 11) is 0. The minimum Gasteiger partial charge on any atom is -0.354 e. The average Bonchev–Trinajstić information content (AvgIpc) is 3.30. The smallest absolute Gasteiger partial charge is 0.284 e. The maximum absolute atomic E-state index is 13.7. The molecule has 0 N–H and O–H groups in total. The van der Waals surface area contributed by atoms with Crippen molar-refractivity contribution in [3.05, 3.63) is 71.8 Å². The lowest BCUT2D eigenvalue weighted by Gasteiger charge is -2.39. The Labute approximate surface area is 197 Å². The summed E-state index contributed by atoms with van der Waals surface area (Å²) in [6, 6.07) is 21.7. The molecule has 0 bridgehead atoms. The second-order valence-electron chi connectivity index (χ2n) is 10.2. The molecular weight excluding hydrogens is 416 g/mol. The van der Waals surface area contributed by atoms with Gasteiger partial charge >= 0.3 is 0 Å². The van der Waals surface area contributed by atoms with Crippen molar-refractivity contribution in [1.82, 2.24) is 9.80 Å². The Morgan fingerprint density at radius 1 is 1.03 bits per heavy atom. The third-order valence-corrected chi connectivity index (χ3v) is 7.88. The van der Waals surface area contributed by atoms with Gasteiger partial charge in [-0.3, -0.25) is 14.6 Å². The van der Waals surface area contributed by atoms with Crippen LogP contribution >= 0.6 is 11.8 Å². The maximum atomic E-state index is 13.7. The van der Waals surface area contributed by atoms with Crippen LogP contribution in [0, 0.1) is 0 Å². The summed E-state index contributed by atoms with van der Waals surface area (Å²) < 4.78 is 6.00. The summed E-state index contributed by atoms with van der Waals surface area (Å²) in [5.74, 6) is 0. The number of hydrogen-bond donors (Lipinski definition) is 0. The van der Waals surface area contributed by atoms with Crippen LogP contribution in [0.5, 0.6) is 0 Å². The van der Waals surface area contributed by atoms with Gasteiger partial charge in [0, 0.05) is 17.8 Å². The molecule has 0 saturated carbocycles. The lowest BCUT2D eigenvalue weighted by atomic mass is 10.0. The van der Waals surface area contributed by atoms with Crippen molar-refractivity contribution in [2.45, 2.75) is 76.1 Å². The van der Waals surface area contributed by atoms with Crippen LogP contribution < -0.4 is 0 Å². The molecule has 2 fully saturated rings. The molecule has 2 heterocycles. The Bertz CT molecular complexity index is 884. The van der Waals surface area contributed by atoms with E-state index in [4.69, 9.17) is 4.74 Å². The first-order valence-corrected chi connectivity index (χ1v) is 12.6. The first kappa shape index (κ1) is 23.3. The molecule has 0 unspecified atom stereocenters. The van der Waals surface area contributed by atoms with Crippen molar-refractivity contribution in [2.24, 2.45) is 0 Å². The normalized spacial score (nSPS) is 23.4. The molecule has 5 heteroatoms. The number of carbonyl (C=O) groups excluding carboxylic acids is 1. The van der Waals surface area contributed by atoms with Crippen LogP contribution in [0.4, 0.5) is 4.79 Å². The van der Waals surface area contributed by atoms with E-state index in [-0.39, 0.29) is 16.0 Å². The van der Waals surface area contributed by atoms with E-state index >= 15 is 0 Å². The molecule has 4 nitrogen and oxygen atoms in total. The largest absolute Gasteiger partial charge is 0.354 e. The summed E-state index contributed by atoms with van der Waals surface area (Å²) in [5.41, 5.74) is 1.75. The number of hydrogen-bond acceptors (Lipinski definition) is 4. The minimum absolute atomic E-state index is 0.130. The second kappa shape index (κ2) is 9.58. The van der Waals surface area contributed by atoms with E-state index in [0.29, 0.717) is 12.6 Å². The number of rotatable bonds is 6. The molecule has 0 spiro atoms. The van der Waals surface area contributed by atoms with Gasteiger partial charge in [-0.2, -0.15) is 0 Å². The Hall–Kier alpha value is -1.82. The molecule has 2 aliphatic rings. The molecule has 0 radical (unpaired) electrons. The quantitative estimate of drug-likeness (QED) is 0.541. The first-order chi connectivity index (χ1) is 15.3. The fourth-order valence-electron chi connectivity index (χ4n) is 5.25. The molecule has 2 aromatic carbocycles. The van der Waals surface area contributed by atoms with E-state index in [1.807, 2.05) is 18.7 Å². The minimum atomic E-state index is -0.579. The van der Waals surface area contributed by atoms with Gasteiger partial charge in [0.2, 0.25) is 0 Å². The third-order valence-electron chi connectivity index (χ3n) is 6.71. The number of amides is 1. The summed E-state index contributed by atoms with van der Waals surface area (Å²) >= 11 is 1.52. The SMILES string of the molecule is CC1(C)COC(C)(C)N1C(=O)S[C@@H](Cc1ccccc1)[C@@H]1CCCN1Cc1ccccc1. The fourth-order valence-corrected chi connectivity index (χ4v) is 6.82. The van der Waals surface area contributed by atoms with Crippen LogP contribution in [0.25, 0.3) is 0 Å². The highest BCUT2D eigenvalue weighted by atomic mass is 32.2. The van der Waals surface area contributed by atoms with E-state index in [0.717, 1.165) is 25.9 Å². The van der Waals surface area contributed by atoms with Gasteiger partial charge in [-0.25, -0.2) is 0 Å². The van der Waals surface area contributed by atoms with Gasteiger partial charge in [0.05, 0.1) is 12.1 Å². The zero-order valence-electron chi connectivity index (χ0n) is 19.8. The zero-order valence-corrected chi connectivity index (χ0v) is 20.6. The fraction of sp³-hybridized carbons (Fsp3) is 0.519. The van der Waals surface area contributed by atoms with E-state index in [9.17, 15) is 4.79 Å². The molecule has 2 saturated heterocycles. The molecule has 2 atom stereocenters. The van der Waals surface area contributed by atoms with Crippen LogP contribution in [0.3, 0.4) is 0 Å². The maximum Gasteiger partial charge on any atom is 0.284 e. The molecule has 1 amide bonds. The van der Waals surface area contributed by atoms with Gasteiger partial charge < -0.3 is 4.74 Å². The van der Waals surface area contributed by atoms with Gasteiger partial charge in [0.25, 0.3) is 5.24 Å². The Morgan fingerprint density at radius 3 is 2.25 bits per heavy atom. The lowest BCUT2D eigenvalue weighted by Crippen LogP contribution is -2.52. The number of likely N-dealkylation sites (tertiary alicyclic amines) is 1. The van der Waals surface area contributed by atoms with Crippen LogP contribution in [-0.2, 0) is 17.7 Å². The molecule has 172 valence electrons. The van der Waals surface area contributed by atoms with E-state index in [1.54, 1.807) is 0 Å². The van der Waals surface area contributed by atoms with Gasteiger partial charge in [0.1, 0.15) is 5.72 Å². The highest BCUT2D eigenvalue weighted by molar-refractivity contribution is 8.14. The summed E-state index contributed by atoms with van der Waals surface area (Å²) in [5, 5.41) is 0.327. The van der Waals surface area contributed by atoms with Gasteiger partial charge in [-0.05, 0) is 64.6 Å². The summed E-state index contributed by atoms with van der Waals surface area (Å²) in [6.07, 6.45) is 3.21. The lowest BCUT2D eigenvalue weighted by molar-refractivity contribution is -0.0298. The number of carbonyl (C=O) groups is 1. The highest BCUT2D eigenvalue weighted by Crippen LogP contribution is 2.40. The topological polar surface area (TPSA) is 32.8 Å². The monoisotopic (exact) mass is 452 g/mol. The van der Waals surface area contributed by atoms with Crippen molar-refractivity contribution in [2.75, 3.05) is 13.2 Å². The molecule has 0 aromatic heterocycles. The van der Waals surface area contributed by atoms with E-state index in [2.05, 4.69) is 79.4 Å². The van der Waals surface area contributed by atoms with Crippen molar-refractivity contribution in [1.29, 1.82) is 0 Å². The average molecular weight is 453 g/mol. The van der Waals surface area contributed by atoms with Crippen molar-refractivity contribution >= 4 is 17.0 Å². The van der Waals surface area contributed by atoms with Crippen LogP contribution in [0.15, 0.2) is 60.7 Å². The Kier molecular flexibility index (Phi) is 6.99. The molecule has 4 rings (SSSR count). The summed E-state index contributed by atoms with van der Waals surface area (Å²) in [4.78, 5) is 18.2. The van der Waals surface area contributed by atoms with Crippen LogP contribution in [0.2, 0.25) is 0 Å². The summed E-state index contributed by atoms with van der Waals surface area (Å²) in [6.45, 7) is 10.8. The number of ether oxygens (including phenoxy) is 1. The van der Waals surface area contributed by atoms with Crippen LogP contribution in [0.1, 0.15) is 51.7 Å². The van der Waals surface area contributed by atoms with Gasteiger partial charge in [0.15, 0.2) is 0 Å². The standard InChI is InChI=1S/C27H36N2O2S/c1-26(2)20-31-27(3,4)29(26)25(30)32-24(18-21-12-7-5-8-13-21)23-16-11-17-28(23)19-22-14-9-6-10-15-22/h5-10,12-15,23-24H,11,16-20H2,1-4H3/t23-,24-/m0/s1. The number of benzene rings is 2. The molecular formula is C27H36N2O2S. The molecule has 2 aliphatic heterocycles. The van der Waals surface area contributed by atoms with Gasteiger partial charge in [-0.15, -0.1) is 0 Å². The molecule has 0 aliphatic carbocycles. The van der Waals surface area contributed by atoms with E-state index < -0.39 is 5.72 Å². The first-order valence-electron chi connectivity index (χ1n) is 11.7. The van der Waals surface area contributed by atoms with Gasteiger partial charge in [-0.1, -0.05) is 72.4 Å². The van der Waals surface area contributed by atoms with E-state index in [1.165, 1.54) is 29.3 Å². The second-order valence-corrected chi connectivity index (χ2v) is 11.4. The molecule has 2 aromatic rings. The zero-order chi connectivity index (χ0) is 22.8.